The molecule has 0 radical (unpaired) electrons. The molecule has 2 aromatic rings. The third-order valence-corrected chi connectivity index (χ3v) is 4.89. The molecule has 1 heterocycles. The molecule has 1 saturated heterocycles. The van der Waals surface area contributed by atoms with Crippen molar-refractivity contribution < 1.29 is 14.4 Å². The molecule has 0 aromatic heterocycles. The zero-order valence-electron chi connectivity index (χ0n) is 15.5. The molecule has 1 aliphatic heterocycles. The number of rotatable bonds is 6. The second kappa shape index (κ2) is 8.26. The average Bonchev–Trinajstić information content (AvgIpc) is 2.63. The van der Waals surface area contributed by atoms with E-state index >= 15 is 0 Å². The van der Waals surface area contributed by atoms with E-state index in [-0.39, 0.29) is 0 Å². The van der Waals surface area contributed by atoms with Crippen LogP contribution in [0.25, 0.3) is 0 Å². The summed E-state index contributed by atoms with van der Waals surface area (Å²) in [6.45, 7) is 10.3. The first kappa shape index (κ1) is 17.6. The van der Waals surface area contributed by atoms with Crippen molar-refractivity contribution in [2.75, 3.05) is 44.8 Å². The van der Waals surface area contributed by atoms with E-state index in [2.05, 4.69) is 48.2 Å². The van der Waals surface area contributed by atoms with Crippen LogP contribution in [0.4, 0.5) is 5.69 Å². The lowest BCUT2D eigenvalue weighted by atomic mass is 10.1. The molecular weight excluding hydrogens is 312 g/mol. The Morgan fingerprint density at radius 2 is 1.80 bits per heavy atom. The second-order valence-electron chi connectivity index (χ2n) is 6.62. The molecule has 0 aliphatic carbocycles. The van der Waals surface area contributed by atoms with Gasteiger partial charge in [-0.1, -0.05) is 12.1 Å². The number of benzene rings is 2. The van der Waals surface area contributed by atoms with E-state index in [1.165, 1.54) is 16.8 Å². The maximum Gasteiger partial charge on any atom is 0.142 e. The van der Waals surface area contributed by atoms with Gasteiger partial charge < -0.3 is 19.3 Å². The van der Waals surface area contributed by atoms with Crippen LogP contribution in [0.5, 0.6) is 11.5 Å². The minimum Gasteiger partial charge on any atom is -0.496 e. The van der Waals surface area contributed by atoms with Crippen LogP contribution in [0.3, 0.4) is 0 Å². The number of anilines is 1. The van der Waals surface area contributed by atoms with Gasteiger partial charge in [0.25, 0.3) is 0 Å². The molecule has 0 unspecified atom stereocenters. The monoisotopic (exact) mass is 341 g/mol. The lowest BCUT2D eigenvalue weighted by Crippen LogP contribution is -3.13. The van der Waals surface area contributed by atoms with Crippen LogP contribution < -0.4 is 19.3 Å². The standard InChI is InChI=1S/C21H28N2O2/c1-4-25-21-8-6-5-7-19(21)23-13-11-22(12-14-23)16-18-9-10-20(24-3)17(2)15-18/h5-10,15H,4,11-14,16H2,1-3H3/p+1. The Bertz CT molecular complexity index is 694. The minimum absolute atomic E-state index is 0.707. The van der Waals surface area contributed by atoms with E-state index in [4.69, 9.17) is 9.47 Å². The Hall–Kier alpha value is -2.20. The number of piperazine rings is 1. The van der Waals surface area contributed by atoms with Crippen molar-refractivity contribution in [3.05, 3.63) is 53.6 Å². The molecule has 1 fully saturated rings. The largest absolute Gasteiger partial charge is 0.496 e. The first-order chi connectivity index (χ1) is 12.2. The van der Waals surface area contributed by atoms with Crippen LogP contribution in [-0.4, -0.2) is 39.9 Å². The third-order valence-electron chi connectivity index (χ3n) is 4.89. The van der Waals surface area contributed by atoms with Gasteiger partial charge in [-0.15, -0.1) is 0 Å². The minimum atomic E-state index is 0.707. The summed E-state index contributed by atoms with van der Waals surface area (Å²) in [5.41, 5.74) is 3.82. The van der Waals surface area contributed by atoms with Crippen LogP contribution in [0.1, 0.15) is 18.1 Å². The third kappa shape index (κ3) is 4.26. The predicted octanol–water partition coefficient (Wildman–Crippen LogP) is 2.31. The zero-order valence-corrected chi connectivity index (χ0v) is 15.5. The fourth-order valence-electron chi connectivity index (χ4n) is 3.58. The van der Waals surface area contributed by atoms with E-state index < -0.39 is 0 Å². The number of nitrogens with zero attached hydrogens (tertiary/aromatic N) is 1. The number of para-hydroxylation sites is 2. The second-order valence-corrected chi connectivity index (χ2v) is 6.62. The summed E-state index contributed by atoms with van der Waals surface area (Å²) < 4.78 is 11.1. The number of hydrogen-bond donors (Lipinski definition) is 1. The van der Waals surface area contributed by atoms with E-state index in [9.17, 15) is 0 Å². The lowest BCUT2D eigenvalue weighted by molar-refractivity contribution is -0.914. The number of ether oxygens (including phenoxy) is 2. The van der Waals surface area contributed by atoms with Gasteiger partial charge in [-0.05, 0) is 49.7 Å². The van der Waals surface area contributed by atoms with Crippen LogP contribution in [-0.2, 0) is 6.54 Å². The van der Waals surface area contributed by atoms with Crippen LogP contribution in [0.15, 0.2) is 42.5 Å². The highest BCUT2D eigenvalue weighted by Gasteiger charge is 2.22. The van der Waals surface area contributed by atoms with Crippen molar-refractivity contribution in [3.63, 3.8) is 0 Å². The van der Waals surface area contributed by atoms with Gasteiger partial charge in [-0.3, -0.25) is 0 Å². The summed E-state index contributed by atoms with van der Waals surface area (Å²) in [5.74, 6) is 1.97. The highest BCUT2D eigenvalue weighted by molar-refractivity contribution is 5.58. The van der Waals surface area contributed by atoms with Crippen molar-refractivity contribution in [1.29, 1.82) is 0 Å². The van der Waals surface area contributed by atoms with Crippen molar-refractivity contribution >= 4 is 5.69 Å². The Kier molecular flexibility index (Phi) is 5.82. The molecule has 0 amide bonds. The molecule has 0 spiro atoms. The van der Waals surface area contributed by atoms with Crippen molar-refractivity contribution in [3.8, 4) is 11.5 Å². The van der Waals surface area contributed by atoms with Crippen LogP contribution in [0.2, 0.25) is 0 Å². The average molecular weight is 341 g/mol. The van der Waals surface area contributed by atoms with E-state index in [0.29, 0.717) is 6.61 Å². The molecule has 1 aliphatic rings. The first-order valence-corrected chi connectivity index (χ1v) is 9.15. The van der Waals surface area contributed by atoms with Crippen LogP contribution in [0, 0.1) is 6.92 Å². The maximum atomic E-state index is 5.79. The molecular formula is C21H29N2O2+. The maximum absolute atomic E-state index is 5.79. The van der Waals surface area contributed by atoms with E-state index in [1.807, 2.05) is 13.0 Å². The van der Waals surface area contributed by atoms with Gasteiger partial charge in [0.1, 0.15) is 18.0 Å². The van der Waals surface area contributed by atoms with E-state index in [0.717, 1.165) is 44.2 Å². The fraction of sp³-hybridized carbons (Fsp3) is 0.429. The van der Waals surface area contributed by atoms with Gasteiger partial charge in [0, 0.05) is 5.56 Å². The molecule has 4 nitrogen and oxygen atoms in total. The smallest absolute Gasteiger partial charge is 0.142 e. The highest BCUT2D eigenvalue weighted by atomic mass is 16.5. The topological polar surface area (TPSA) is 26.1 Å². The Balaban J connectivity index is 1.60. The Morgan fingerprint density at radius 3 is 2.48 bits per heavy atom. The first-order valence-electron chi connectivity index (χ1n) is 9.15. The summed E-state index contributed by atoms with van der Waals surface area (Å²) in [7, 11) is 1.73. The predicted molar refractivity (Wildman–Crippen MR) is 102 cm³/mol. The molecule has 3 rings (SSSR count). The fourth-order valence-corrected chi connectivity index (χ4v) is 3.58. The number of quaternary nitrogens is 1. The molecule has 134 valence electrons. The lowest BCUT2D eigenvalue weighted by Gasteiger charge is -2.34. The Morgan fingerprint density at radius 1 is 1.04 bits per heavy atom. The number of aryl methyl sites for hydroxylation is 1. The zero-order chi connectivity index (χ0) is 17.6. The SMILES string of the molecule is CCOc1ccccc1N1CC[NH+](Cc2ccc(OC)c(C)c2)CC1. The van der Waals surface area contributed by atoms with Gasteiger partial charge in [-0.2, -0.15) is 0 Å². The summed E-state index contributed by atoms with van der Waals surface area (Å²) >= 11 is 0. The summed E-state index contributed by atoms with van der Waals surface area (Å²) in [6.07, 6.45) is 0. The molecule has 0 bridgehead atoms. The van der Waals surface area contributed by atoms with Gasteiger partial charge in [0.2, 0.25) is 0 Å². The number of nitrogens with one attached hydrogen (secondary N) is 1. The van der Waals surface area contributed by atoms with Crippen LogP contribution >= 0.6 is 0 Å². The van der Waals surface area contributed by atoms with Gasteiger partial charge >= 0.3 is 0 Å². The summed E-state index contributed by atoms with van der Waals surface area (Å²) in [4.78, 5) is 4.09. The molecule has 4 heteroatoms. The van der Waals surface area contributed by atoms with Gasteiger partial charge in [-0.25, -0.2) is 0 Å². The van der Waals surface area contributed by atoms with Gasteiger partial charge in [0.05, 0.1) is 45.6 Å². The molecule has 2 aromatic carbocycles. The number of methoxy groups -OCH3 is 1. The molecule has 0 saturated carbocycles. The van der Waals surface area contributed by atoms with E-state index in [1.54, 1.807) is 12.0 Å². The molecule has 1 N–H and O–H groups in total. The van der Waals surface area contributed by atoms with Crippen molar-refractivity contribution in [1.82, 2.24) is 0 Å². The molecule has 25 heavy (non-hydrogen) atoms. The van der Waals surface area contributed by atoms with Gasteiger partial charge in [0.15, 0.2) is 0 Å². The number of hydrogen-bond acceptors (Lipinski definition) is 3. The quantitative estimate of drug-likeness (QED) is 0.873. The summed E-state index contributed by atoms with van der Waals surface area (Å²) in [6, 6.07) is 14.9. The Labute approximate surface area is 151 Å². The summed E-state index contributed by atoms with van der Waals surface area (Å²) in [5, 5.41) is 0. The van der Waals surface area contributed by atoms with Crippen molar-refractivity contribution in [2.45, 2.75) is 20.4 Å². The normalized spacial score (nSPS) is 15.2. The highest BCUT2D eigenvalue weighted by Crippen LogP contribution is 2.27. The molecule has 0 atom stereocenters. The van der Waals surface area contributed by atoms with Crippen molar-refractivity contribution in [2.24, 2.45) is 0 Å².